The van der Waals surface area contributed by atoms with Crippen molar-refractivity contribution in [1.29, 1.82) is 0 Å². The highest BCUT2D eigenvalue weighted by Gasteiger charge is 2.40. The molecule has 0 saturated carbocycles. The minimum Gasteiger partial charge on any atom is -0.372 e. The lowest BCUT2D eigenvalue weighted by molar-refractivity contribution is -0.141. The Morgan fingerprint density at radius 1 is 1.15 bits per heavy atom. The van der Waals surface area contributed by atoms with Crippen LogP contribution in [0.3, 0.4) is 0 Å². The van der Waals surface area contributed by atoms with E-state index in [0.717, 1.165) is 0 Å². The van der Waals surface area contributed by atoms with Crippen LogP contribution in [0.1, 0.15) is 5.69 Å². The van der Waals surface area contributed by atoms with Crippen LogP contribution >= 0.6 is 0 Å². The van der Waals surface area contributed by atoms with E-state index in [1.54, 1.807) is 0 Å². The fourth-order valence-electron chi connectivity index (χ4n) is 2.41. The van der Waals surface area contributed by atoms with E-state index in [1.807, 2.05) is 15.8 Å². The fraction of sp³-hybridized carbons (Fsp3) is 0.214. The molecule has 1 saturated heterocycles. The van der Waals surface area contributed by atoms with Crippen molar-refractivity contribution in [2.24, 2.45) is 5.92 Å². The van der Waals surface area contributed by atoms with Gasteiger partial charge in [-0.05, 0) is 12.1 Å². The Labute approximate surface area is 148 Å². The molecule has 5 N–H and O–H groups in total. The SMILES string of the molecule is O=C1NC(=O)C(C(=O)Nc2ccc(-c3n[nH]nc3C(F)(F)F)cc2)C(O)N1. The van der Waals surface area contributed by atoms with Crippen LogP contribution in [-0.4, -0.2) is 44.6 Å². The van der Waals surface area contributed by atoms with Gasteiger partial charge in [-0.3, -0.25) is 14.9 Å². The molecule has 0 aliphatic carbocycles. The number of benzene rings is 1. The fourth-order valence-corrected chi connectivity index (χ4v) is 2.41. The molecule has 1 fully saturated rings. The molecule has 1 aliphatic heterocycles. The smallest absolute Gasteiger partial charge is 0.372 e. The highest BCUT2D eigenvalue weighted by Crippen LogP contribution is 2.34. The Hall–Kier alpha value is -3.48. The van der Waals surface area contributed by atoms with Gasteiger partial charge in [0.2, 0.25) is 11.8 Å². The Kier molecular flexibility index (Phi) is 4.53. The molecular formula is C14H11F3N6O4. The van der Waals surface area contributed by atoms with Gasteiger partial charge in [0, 0.05) is 11.3 Å². The van der Waals surface area contributed by atoms with Crippen LogP contribution in [-0.2, 0) is 15.8 Å². The van der Waals surface area contributed by atoms with Crippen molar-refractivity contribution >= 4 is 23.5 Å². The molecule has 2 heterocycles. The number of imide groups is 1. The Morgan fingerprint density at radius 3 is 2.41 bits per heavy atom. The molecule has 3 rings (SSSR count). The molecule has 4 amide bonds. The third-order valence-corrected chi connectivity index (χ3v) is 3.64. The number of aromatic nitrogens is 3. The van der Waals surface area contributed by atoms with Gasteiger partial charge in [-0.2, -0.15) is 28.6 Å². The standard InChI is InChI=1S/C14H11F3N6O4/c15-14(16,17)9-8(21-23-22-9)5-1-3-6(4-2-5)18-10(24)7-11(25)19-13(27)20-12(7)26/h1-4,7,11,25H,(H,18,24)(H,21,22,23)(H2,19,20,26,27). The van der Waals surface area contributed by atoms with Gasteiger partial charge >= 0.3 is 12.2 Å². The average molecular weight is 384 g/mol. The van der Waals surface area contributed by atoms with Gasteiger partial charge in [0.25, 0.3) is 0 Å². The number of amides is 4. The summed E-state index contributed by atoms with van der Waals surface area (Å²) < 4.78 is 38.6. The van der Waals surface area contributed by atoms with E-state index in [0.29, 0.717) is 0 Å². The van der Waals surface area contributed by atoms with Gasteiger partial charge in [-0.25, -0.2) is 4.79 Å². The lowest BCUT2D eigenvalue weighted by atomic mass is 10.0. The Balaban J connectivity index is 1.75. The van der Waals surface area contributed by atoms with E-state index in [4.69, 9.17) is 0 Å². The predicted molar refractivity (Wildman–Crippen MR) is 81.6 cm³/mol. The summed E-state index contributed by atoms with van der Waals surface area (Å²) in [6.07, 6.45) is -6.40. The number of aromatic amines is 1. The van der Waals surface area contributed by atoms with Crippen molar-refractivity contribution in [3.8, 4) is 11.3 Å². The Morgan fingerprint density at radius 2 is 1.81 bits per heavy atom. The number of carbonyl (C=O) groups excluding carboxylic acids is 3. The number of hydrogen-bond donors (Lipinski definition) is 5. The topological polar surface area (TPSA) is 149 Å². The third-order valence-electron chi connectivity index (χ3n) is 3.64. The van der Waals surface area contributed by atoms with Crippen molar-refractivity contribution in [1.82, 2.24) is 26.0 Å². The molecule has 0 spiro atoms. The molecule has 0 radical (unpaired) electrons. The second-order valence-corrected chi connectivity index (χ2v) is 5.47. The average Bonchev–Trinajstić information content (AvgIpc) is 3.04. The molecule has 27 heavy (non-hydrogen) atoms. The molecule has 13 heteroatoms. The molecule has 1 aromatic carbocycles. The molecule has 142 valence electrons. The Bertz CT molecular complexity index is 895. The van der Waals surface area contributed by atoms with Gasteiger partial charge in [0.15, 0.2) is 11.6 Å². The highest BCUT2D eigenvalue weighted by atomic mass is 19.4. The van der Waals surface area contributed by atoms with Crippen LogP contribution in [0.5, 0.6) is 0 Å². The quantitative estimate of drug-likeness (QED) is 0.478. The van der Waals surface area contributed by atoms with Crippen molar-refractivity contribution in [2.75, 3.05) is 5.32 Å². The molecule has 2 aromatic rings. The minimum atomic E-state index is -4.69. The van der Waals surface area contributed by atoms with Crippen molar-refractivity contribution < 1.29 is 32.7 Å². The maximum absolute atomic E-state index is 12.9. The predicted octanol–water partition coefficient (Wildman–Crippen LogP) is 0.203. The summed E-state index contributed by atoms with van der Waals surface area (Å²) in [5.74, 6) is -3.49. The molecule has 2 atom stereocenters. The summed E-state index contributed by atoms with van der Waals surface area (Å²) in [5, 5.41) is 24.3. The van der Waals surface area contributed by atoms with Gasteiger partial charge in [-0.15, -0.1) is 0 Å². The van der Waals surface area contributed by atoms with Gasteiger partial charge in [-0.1, -0.05) is 12.1 Å². The van der Waals surface area contributed by atoms with Crippen molar-refractivity contribution in [2.45, 2.75) is 12.4 Å². The zero-order valence-electron chi connectivity index (χ0n) is 13.2. The number of rotatable bonds is 3. The molecule has 2 unspecified atom stereocenters. The number of aliphatic hydroxyl groups excluding tert-OH is 1. The number of alkyl halides is 3. The maximum Gasteiger partial charge on any atom is 0.437 e. The van der Waals surface area contributed by atoms with Gasteiger partial charge in [0.1, 0.15) is 11.9 Å². The highest BCUT2D eigenvalue weighted by molar-refractivity contribution is 6.12. The number of aliphatic hydroxyl groups is 1. The minimum absolute atomic E-state index is 0.0942. The first-order chi connectivity index (χ1) is 12.7. The van der Waals surface area contributed by atoms with Crippen LogP contribution in [0.2, 0.25) is 0 Å². The zero-order valence-corrected chi connectivity index (χ0v) is 13.2. The number of nitrogens with one attached hydrogen (secondary N) is 4. The van der Waals surface area contributed by atoms with E-state index < -0.39 is 47.6 Å². The first kappa shape index (κ1) is 18.3. The van der Waals surface area contributed by atoms with Crippen LogP contribution in [0.25, 0.3) is 11.3 Å². The summed E-state index contributed by atoms with van der Waals surface area (Å²) in [5.41, 5.74) is -1.35. The number of anilines is 1. The van der Waals surface area contributed by atoms with E-state index in [2.05, 4.69) is 15.5 Å². The second kappa shape index (κ2) is 6.68. The number of carbonyl (C=O) groups is 3. The van der Waals surface area contributed by atoms with Crippen molar-refractivity contribution in [3.05, 3.63) is 30.0 Å². The van der Waals surface area contributed by atoms with E-state index in [1.165, 1.54) is 24.3 Å². The number of urea groups is 1. The summed E-state index contributed by atoms with van der Waals surface area (Å²) in [6.45, 7) is 0. The number of halogens is 3. The summed E-state index contributed by atoms with van der Waals surface area (Å²) >= 11 is 0. The first-order valence-electron chi connectivity index (χ1n) is 7.35. The monoisotopic (exact) mass is 384 g/mol. The van der Waals surface area contributed by atoms with E-state index >= 15 is 0 Å². The molecule has 1 aliphatic rings. The van der Waals surface area contributed by atoms with Crippen LogP contribution < -0.4 is 16.0 Å². The lowest BCUT2D eigenvalue weighted by Crippen LogP contribution is -2.61. The second-order valence-electron chi connectivity index (χ2n) is 5.47. The molecule has 1 aromatic heterocycles. The third kappa shape index (κ3) is 3.72. The molecule has 0 bridgehead atoms. The van der Waals surface area contributed by atoms with E-state index in [9.17, 15) is 32.7 Å². The summed E-state index contributed by atoms with van der Waals surface area (Å²) in [7, 11) is 0. The van der Waals surface area contributed by atoms with Gasteiger partial charge < -0.3 is 15.7 Å². The summed E-state index contributed by atoms with van der Waals surface area (Å²) in [4.78, 5) is 34.8. The largest absolute Gasteiger partial charge is 0.437 e. The number of nitrogens with zero attached hydrogens (tertiary/aromatic N) is 2. The van der Waals surface area contributed by atoms with Gasteiger partial charge in [0.05, 0.1) is 0 Å². The molecule has 10 nitrogen and oxygen atoms in total. The normalized spacial score (nSPS) is 20.0. The zero-order chi connectivity index (χ0) is 19.8. The van der Waals surface area contributed by atoms with E-state index in [-0.39, 0.29) is 11.3 Å². The van der Waals surface area contributed by atoms with Crippen LogP contribution in [0, 0.1) is 5.92 Å². The maximum atomic E-state index is 12.9. The first-order valence-corrected chi connectivity index (χ1v) is 7.35. The number of H-pyrrole nitrogens is 1. The van der Waals surface area contributed by atoms with Crippen molar-refractivity contribution in [3.63, 3.8) is 0 Å². The molecular weight excluding hydrogens is 373 g/mol. The van der Waals surface area contributed by atoms with Crippen LogP contribution in [0.4, 0.5) is 23.7 Å². The summed E-state index contributed by atoms with van der Waals surface area (Å²) in [6, 6.07) is 4.17. The van der Waals surface area contributed by atoms with Crippen LogP contribution in [0.15, 0.2) is 24.3 Å². The number of hydrogen-bond acceptors (Lipinski definition) is 6. The lowest BCUT2D eigenvalue weighted by Gasteiger charge is -2.26.